The largest absolute Gasteiger partial charge is 0.484 e. The number of amides is 1. The summed E-state index contributed by atoms with van der Waals surface area (Å²) in [5.74, 6) is 2.06. The number of rotatable bonds is 8. The van der Waals surface area contributed by atoms with Gasteiger partial charge in [-0.15, -0.1) is 0 Å². The van der Waals surface area contributed by atoms with Gasteiger partial charge in [0, 0.05) is 30.5 Å². The molecule has 0 bridgehead atoms. The second-order valence-corrected chi connectivity index (χ2v) is 7.13. The molecule has 7 heteroatoms. The van der Waals surface area contributed by atoms with E-state index >= 15 is 0 Å². The van der Waals surface area contributed by atoms with Crippen LogP contribution in [0, 0.1) is 0 Å². The molecule has 30 heavy (non-hydrogen) atoms. The summed E-state index contributed by atoms with van der Waals surface area (Å²) in [6.45, 7) is 3.09. The van der Waals surface area contributed by atoms with Crippen LogP contribution in [0.25, 0.3) is 11.5 Å². The van der Waals surface area contributed by atoms with Gasteiger partial charge in [0.1, 0.15) is 17.3 Å². The summed E-state index contributed by atoms with van der Waals surface area (Å²) in [5.41, 5.74) is 4.12. The smallest absolute Gasteiger partial charge is 0.257 e. The molecule has 0 fully saturated rings. The zero-order valence-electron chi connectivity index (χ0n) is 17.0. The minimum Gasteiger partial charge on any atom is -0.484 e. The van der Waals surface area contributed by atoms with E-state index in [0.29, 0.717) is 24.7 Å². The number of ether oxygens (including phenoxy) is 1. The van der Waals surface area contributed by atoms with Crippen molar-refractivity contribution in [2.24, 2.45) is 0 Å². The number of pyridine rings is 1. The first kappa shape index (κ1) is 19.8. The average Bonchev–Trinajstić information content (AvgIpc) is 3.26. The van der Waals surface area contributed by atoms with Crippen LogP contribution >= 0.6 is 0 Å². The number of hydrogen-bond acceptors (Lipinski definition) is 6. The highest BCUT2D eigenvalue weighted by Crippen LogP contribution is 2.29. The molecule has 4 rings (SSSR count). The van der Waals surface area contributed by atoms with Gasteiger partial charge in [0.2, 0.25) is 0 Å². The van der Waals surface area contributed by atoms with Crippen LogP contribution in [-0.2, 0) is 24.2 Å². The Morgan fingerprint density at radius 3 is 2.90 bits per heavy atom. The third kappa shape index (κ3) is 4.74. The fourth-order valence-corrected chi connectivity index (χ4v) is 3.52. The maximum Gasteiger partial charge on any atom is 0.257 e. The standard InChI is InChI=1S/C23H25N5O2/c1-2-24-21(29)15-30-17-8-5-7-16(13-17)14-26-22-18-9-6-11-19(18)27-23(28-22)20-10-3-4-12-25-20/h3-5,7-8,10,12-13H,2,6,9,11,14-15H2,1H3,(H,24,29)(H,26,27,28). The van der Waals surface area contributed by atoms with Gasteiger partial charge in [-0.1, -0.05) is 18.2 Å². The molecule has 3 aromatic rings. The van der Waals surface area contributed by atoms with Crippen molar-refractivity contribution < 1.29 is 9.53 Å². The number of nitrogens with zero attached hydrogens (tertiary/aromatic N) is 3. The molecule has 0 saturated carbocycles. The fourth-order valence-electron chi connectivity index (χ4n) is 3.52. The number of nitrogens with one attached hydrogen (secondary N) is 2. The highest BCUT2D eigenvalue weighted by molar-refractivity contribution is 5.77. The van der Waals surface area contributed by atoms with Crippen LogP contribution in [0.4, 0.5) is 5.82 Å². The second-order valence-electron chi connectivity index (χ2n) is 7.13. The number of benzene rings is 1. The van der Waals surface area contributed by atoms with E-state index in [9.17, 15) is 4.79 Å². The van der Waals surface area contributed by atoms with Crippen LogP contribution in [-0.4, -0.2) is 34.0 Å². The van der Waals surface area contributed by atoms with Crippen LogP contribution in [0.1, 0.15) is 30.2 Å². The van der Waals surface area contributed by atoms with E-state index in [1.165, 1.54) is 5.56 Å². The Kier molecular flexibility index (Phi) is 6.17. The molecule has 154 valence electrons. The second kappa shape index (κ2) is 9.35. The Labute approximate surface area is 175 Å². The number of aryl methyl sites for hydroxylation is 1. The molecule has 0 atom stereocenters. The molecule has 1 amide bonds. The highest BCUT2D eigenvalue weighted by atomic mass is 16.5. The van der Waals surface area contributed by atoms with Gasteiger partial charge in [-0.05, 0) is 56.0 Å². The van der Waals surface area contributed by atoms with Gasteiger partial charge in [0.25, 0.3) is 5.91 Å². The first-order chi connectivity index (χ1) is 14.7. The van der Waals surface area contributed by atoms with Gasteiger partial charge >= 0.3 is 0 Å². The van der Waals surface area contributed by atoms with Crippen molar-refractivity contribution in [3.05, 3.63) is 65.5 Å². The van der Waals surface area contributed by atoms with E-state index in [0.717, 1.165) is 42.0 Å². The van der Waals surface area contributed by atoms with Crippen molar-refractivity contribution in [2.45, 2.75) is 32.7 Å². The Hall–Kier alpha value is -3.48. The molecule has 7 nitrogen and oxygen atoms in total. The number of aromatic nitrogens is 3. The maximum absolute atomic E-state index is 11.6. The monoisotopic (exact) mass is 403 g/mol. The van der Waals surface area contributed by atoms with Crippen LogP contribution in [0.5, 0.6) is 5.75 Å². The minimum absolute atomic E-state index is 0.0115. The molecule has 0 saturated heterocycles. The zero-order valence-corrected chi connectivity index (χ0v) is 17.0. The van der Waals surface area contributed by atoms with Gasteiger partial charge in [-0.3, -0.25) is 9.78 Å². The molecule has 0 aliphatic heterocycles. The number of hydrogen-bond donors (Lipinski definition) is 2. The van der Waals surface area contributed by atoms with E-state index in [1.54, 1.807) is 6.20 Å². The van der Waals surface area contributed by atoms with E-state index in [4.69, 9.17) is 14.7 Å². The number of carbonyl (C=O) groups excluding carboxylic acids is 1. The quantitative estimate of drug-likeness (QED) is 0.601. The lowest BCUT2D eigenvalue weighted by molar-refractivity contribution is -0.122. The van der Waals surface area contributed by atoms with Crippen molar-refractivity contribution >= 4 is 11.7 Å². The number of fused-ring (bicyclic) bond motifs is 1. The molecular weight excluding hydrogens is 378 g/mol. The normalized spacial score (nSPS) is 12.3. The predicted molar refractivity (Wildman–Crippen MR) is 115 cm³/mol. The van der Waals surface area contributed by atoms with Crippen LogP contribution in [0.3, 0.4) is 0 Å². The third-order valence-electron chi connectivity index (χ3n) is 4.93. The van der Waals surface area contributed by atoms with E-state index in [2.05, 4.69) is 15.6 Å². The van der Waals surface area contributed by atoms with Gasteiger partial charge in [0.05, 0.1) is 0 Å². The Bertz CT molecular complexity index is 1020. The van der Waals surface area contributed by atoms with Gasteiger partial charge < -0.3 is 15.4 Å². The number of likely N-dealkylation sites (N-methyl/N-ethyl adjacent to an activating group) is 1. The molecule has 2 heterocycles. The van der Waals surface area contributed by atoms with Gasteiger partial charge in [-0.2, -0.15) is 0 Å². The van der Waals surface area contributed by atoms with E-state index in [1.807, 2.05) is 49.4 Å². The Morgan fingerprint density at radius 1 is 1.13 bits per heavy atom. The SMILES string of the molecule is CCNC(=O)COc1cccc(CNc2nc(-c3ccccn3)nc3c2CCC3)c1. The first-order valence-corrected chi connectivity index (χ1v) is 10.3. The van der Waals surface area contributed by atoms with Crippen molar-refractivity contribution in [3.8, 4) is 17.3 Å². The average molecular weight is 403 g/mol. The molecule has 1 aliphatic rings. The summed E-state index contributed by atoms with van der Waals surface area (Å²) in [6.07, 6.45) is 4.80. The molecular formula is C23H25N5O2. The maximum atomic E-state index is 11.6. The first-order valence-electron chi connectivity index (χ1n) is 10.3. The molecule has 2 aromatic heterocycles. The molecule has 0 radical (unpaired) electrons. The molecule has 2 N–H and O–H groups in total. The summed E-state index contributed by atoms with van der Waals surface area (Å²) < 4.78 is 5.59. The van der Waals surface area contributed by atoms with Crippen molar-refractivity contribution in [1.29, 1.82) is 0 Å². The summed E-state index contributed by atoms with van der Waals surface area (Å²) in [4.78, 5) is 25.5. The lowest BCUT2D eigenvalue weighted by Gasteiger charge is -2.13. The molecule has 1 aromatic carbocycles. The zero-order chi connectivity index (χ0) is 20.8. The minimum atomic E-state index is -0.125. The molecule has 0 spiro atoms. The lowest BCUT2D eigenvalue weighted by atomic mass is 10.2. The summed E-state index contributed by atoms with van der Waals surface area (Å²) in [5, 5.41) is 6.19. The number of carbonyl (C=O) groups is 1. The fraction of sp³-hybridized carbons (Fsp3) is 0.304. The summed E-state index contributed by atoms with van der Waals surface area (Å²) in [6, 6.07) is 13.5. The highest BCUT2D eigenvalue weighted by Gasteiger charge is 2.20. The van der Waals surface area contributed by atoms with Crippen molar-refractivity contribution in [3.63, 3.8) is 0 Å². The lowest BCUT2D eigenvalue weighted by Crippen LogP contribution is -2.28. The van der Waals surface area contributed by atoms with Crippen LogP contribution in [0.15, 0.2) is 48.7 Å². The van der Waals surface area contributed by atoms with Gasteiger partial charge in [0.15, 0.2) is 12.4 Å². The Balaban J connectivity index is 1.48. The van der Waals surface area contributed by atoms with Gasteiger partial charge in [-0.25, -0.2) is 9.97 Å². The molecule has 1 aliphatic carbocycles. The number of anilines is 1. The topological polar surface area (TPSA) is 89.0 Å². The summed E-state index contributed by atoms with van der Waals surface area (Å²) in [7, 11) is 0. The van der Waals surface area contributed by atoms with Crippen LogP contribution < -0.4 is 15.4 Å². The van der Waals surface area contributed by atoms with Crippen molar-refractivity contribution in [1.82, 2.24) is 20.3 Å². The Morgan fingerprint density at radius 2 is 2.07 bits per heavy atom. The van der Waals surface area contributed by atoms with Crippen molar-refractivity contribution in [2.75, 3.05) is 18.5 Å². The van der Waals surface area contributed by atoms with E-state index < -0.39 is 0 Å². The summed E-state index contributed by atoms with van der Waals surface area (Å²) >= 11 is 0. The van der Waals surface area contributed by atoms with Crippen LogP contribution in [0.2, 0.25) is 0 Å². The predicted octanol–water partition coefficient (Wildman–Crippen LogP) is 3.15. The van der Waals surface area contributed by atoms with E-state index in [-0.39, 0.29) is 12.5 Å². The third-order valence-corrected chi connectivity index (χ3v) is 4.93. The molecule has 0 unspecified atom stereocenters.